The number of aryl methyl sites for hydroxylation is 1. The van der Waals surface area contributed by atoms with Crippen LogP contribution in [0.4, 0.5) is 0 Å². The normalized spacial score (nSPS) is 17.4. The molecule has 3 heterocycles. The van der Waals surface area contributed by atoms with Crippen molar-refractivity contribution in [3.8, 4) is 0 Å². The minimum atomic E-state index is 0.109. The maximum Gasteiger partial charge on any atom is 0.226 e. The van der Waals surface area contributed by atoms with E-state index in [4.69, 9.17) is 4.52 Å². The third-order valence-corrected chi connectivity index (χ3v) is 5.66. The Labute approximate surface area is 173 Å². The third kappa shape index (κ3) is 5.44. The quantitative estimate of drug-likeness (QED) is 0.641. The van der Waals surface area contributed by atoms with Crippen LogP contribution >= 0.6 is 0 Å². The number of aromatic nitrogens is 4. The number of carbonyl (C=O) groups excluding carboxylic acids is 1. The van der Waals surface area contributed by atoms with Crippen LogP contribution in [0.5, 0.6) is 0 Å². The van der Waals surface area contributed by atoms with Gasteiger partial charge in [0.1, 0.15) is 0 Å². The molecule has 1 amide bonds. The number of rotatable bonds is 9. The van der Waals surface area contributed by atoms with E-state index in [1.807, 2.05) is 15.8 Å². The molecule has 1 aliphatic heterocycles. The molecular weight excluding hydrogens is 368 g/mol. The molecule has 0 aliphatic carbocycles. The van der Waals surface area contributed by atoms with E-state index >= 15 is 0 Å². The molecule has 0 saturated carbocycles. The van der Waals surface area contributed by atoms with Gasteiger partial charge in [-0.15, -0.1) is 0 Å². The van der Waals surface area contributed by atoms with Crippen LogP contribution < -0.4 is 0 Å². The van der Waals surface area contributed by atoms with E-state index in [1.54, 1.807) is 6.92 Å². The van der Waals surface area contributed by atoms with Crippen LogP contribution in [0.2, 0.25) is 0 Å². The molecule has 2 aromatic heterocycles. The number of nitrogens with zero attached hydrogens (tertiary/aromatic N) is 6. The molecule has 3 rings (SSSR count). The largest absolute Gasteiger partial charge is 0.339 e. The number of hydrogen-bond donors (Lipinski definition) is 0. The van der Waals surface area contributed by atoms with Gasteiger partial charge in [-0.05, 0) is 26.2 Å². The van der Waals surface area contributed by atoms with E-state index < -0.39 is 0 Å². The zero-order chi connectivity index (χ0) is 21.0. The van der Waals surface area contributed by atoms with E-state index in [9.17, 15) is 4.79 Å². The first kappa shape index (κ1) is 21.5. The van der Waals surface area contributed by atoms with Crippen molar-refractivity contribution in [3.63, 3.8) is 0 Å². The molecular formula is C21H34N6O2. The van der Waals surface area contributed by atoms with Crippen molar-refractivity contribution in [1.82, 2.24) is 29.7 Å². The molecule has 1 aliphatic rings. The predicted molar refractivity (Wildman–Crippen MR) is 110 cm³/mol. The van der Waals surface area contributed by atoms with Gasteiger partial charge in [0.25, 0.3) is 0 Å². The van der Waals surface area contributed by atoms with Gasteiger partial charge < -0.3 is 9.42 Å². The fourth-order valence-corrected chi connectivity index (χ4v) is 4.05. The Hall–Kier alpha value is -2.22. The fraction of sp³-hybridized carbons (Fsp3) is 0.714. The molecule has 0 aromatic carbocycles. The van der Waals surface area contributed by atoms with Crippen LogP contribution in [-0.2, 0) is 30.7 Å². The number of likely N-dealkylation sites (tertiary alicyclic amines) is 1. The molecule has 0 spiro atoms. The van der Waals surface area contributed by atoms with Crippen LogP contribution in [0.1, 0.15) is 57.1 Å². The maximum atomic E-state index is 12.3. The van der Waals surface area contributed by atoms with Crippen molar-refractivity contribution in [2.24, 2.45) is 5.92 Å². The van der Waals surface area contributed by atoms with E-state index in [0.29, 0.717) is 30.6 Å². The van der Waals surface area contributed by atoms with E-state index in [2.05, 4.69) is 47.8 Å². The lowest BCUT2D eigenvalue weighted by atomic mass is 10.1. The summed E-state index contributed by atoms with van der Waals surface area (Å²) in [6, 6.07) is 0.232. The molecule has 1 atom stereocenters. The minimum Gasteiger partial charge on any atom is -0.339 e. The average molecular weight is 403 g/mol. The topological polar surface area (TPSA) is 80.3 Å². The highest BCUT2D eigenvalue weighted by molar-refractivity contribution is 5.73. The number of carbonyl (C=O) groups is 1. The van der Waals surface area contributed by atoms with Crippen molar-refractivity contribution >= 4 is 5.91 Å². The standard InChI is InChI=1S/C21H34N6O2/c1-6-27-16(4)18(12-22-27)13-25-9-7-19(14-25)26(17(5)28)10-8-20-23-21(29-24-20)11-15(2)3/h12,15,19H,6-11,13-14H2,1-5H3. The maximum absolute atomic E-state index is 12.3. The highest BCUT2D eigenvalue weighted by Gasteiger charge is 2.30. The molecule has 0 bridgehead atoms. The van der Waals surface area contributed by atoms with Crippen LogP contribution in [0.3, 0.4) is 0 Å². The van der Waals surface area contributed by atoms with Gasteiger partial charge in [-0.25, -0.2) is 0 Å². The molecule has 29 heavy (non-hydrogen) atoms. The summed E-state index contributed by atoms with van der Waals surface area (Å²) in [6.45, 7) is 14.4. The zero-order valence-electron chi connectivity index (χ0n) is 18.4. The summed E-state index contributed by atoms with van der Waals surface area (Å²) >= 11 is 0. The fourth-order valence-electron chi connectivity index (χ4n) is 4.05. The van der Waals surface area contributed by atoms with Gasteiger partial charge >= 0.3 is 0 Å². The zero-order valence-corrected chi connectivity index (χ0v) is 18.4. The first-order valence-electron chi connectivity index (χ1n) is 10.7. The van der Waals surface area contributed by atoms with Crippen LogP contribution in [0.25, 0.3) is 0 Å². The molecule has 1 unspecified atom stereocenters. The molecule has 8 nitrogen and oxygen atoms in total. The second-order valence-corrected chi connectivity index (χ2v) is 8.41. The summed E-state index contributed by atoms with van der Waals surface area (Å²) < 4.78 is 7.35. The number of amides is 1. The minimum absolute atomic E-state index is 0.109. The average Bonchev–Trinajstić information content (AvgIpc) is 3.37. The summed E-state index contributed by atoms with van der Waals surface area (Å²) in [4.78, 5) is 21.1. The van der Waals surface area contributed by atoms with Crippen molar-refractivity contribution in [2.45, 2.75) is 73.0 Å². The van der Waals surface area contributed by atoms with E-state index in [1.165, 1.54) is 11.3 Å². The Morgan fingerprint density at radius 2 is 2.21 bits per heavy atom. The van der Waals surface area contributed by atoms with Crippen molar-refractivity contribution < 1.29 is 9.32 Å². The predicted octanol–water partition coefficient (Wildman–Crippen LogP) is 2.46. The van der Waals surface area contributed by atoms with Crippen molar-refractivity contribution in [3.05, 3.63) is 29.2 Å². The summed E-state index contributed by atoms with van der Waals surface area (Å²) in [5.74, 6) is 1.95. The number of hydrogen-bond acceptors (Lipinski definition) is 6. The van der Waals surface area contributed by atoms with Gasteiger partial charge in [-0.1, -0.05) is 19.0 Å². The highest BCUT2D eigenvalue weighted by Crippen LogP contribution is 2.20. The van der Waals surface area contributed by atoms with Gasteiger partial charge in [0.15, 0.2) is 5.82 Å². The second-order valence-electron chi connectivity index (χ2n) is 8.41. The first-order valence-corrected chi connectivity index (χ1v) is 10.7. The van der Waals surface area contributed by atoms with Gasteiger partial charge in [0.05, 0.1) is 6.20 Å². The van der Waals surface area contributed by atoms with Crippen molar-refractivity contribution in [1.29, 1.82) is 0 Å². The SMILES string of the molecule is CCn1ncc(CN2CCC(N(CCc3noc(CC(C)C)n3)C(C)=O)C2)c1C. The second kappa shape index (κ2) is 9.52. The molecule has 0 N–H and O–H groups in total. The van der Waals surface area contributed by atoms with Gasteiger partial charge in [-0.3, -0.25) is 14.4 Å². The monoisotopic (exact) mass is 402 g/mol. The van der Waals surface area contributed by atoms with Gasteiger partial charge in [-0.2, -0.15) is 10.1 Å². The lowest BCUT2D eigenvalue weighted by Gasteiger charge is -2.27. The third-order valence-electron chi connectivity index (χ3n) is 5.66. The molecule has 8 heteroatoms. The molecule has 0 radical (unpaired) electrons. The highest BCUT2D eigenvalue weighted by atomic mass is 16.5. The van der Waals surface area contributed by atoms with Crippen LogP contribution in [0.15, 0.2) is 10.7 Å². The Bertz CT molecular complexity index is 812. The Morgan fingerprint density at radius 3 is 2.86 bits per heavy atom. The first-order chi connectivity index (χ1) is 13.9. The summed E-state index contributed by atoms with van der Waals surface area (Å²) in [5, 5.41) is 8.52. The molecule has 1 saturated heterocycles. The van der Waals surface area contributed by atoms with Crippen LogP contribution in [-0.4, -0.2) is 61.3 Å². The lowest BCUT2D eigenvalue weighted by molar-refractivity contribution is -0.130. The summed E-state index contributed by atoms with van der Waals surface area (Å²) in [7, 11) is 0. The molecule has 160 valence electrons. The van der Waals surface area contributed by atoms with E-state index in [0.717, 1.165) is 39.0 Å². The van der Waals surface area contributed by atoms with E-state index in [-0.39, 0.29) is 11.9 Å². The molecule has 1 fully saturated rings. The van der Waals surface area contributed by atoms with Gasteiger partial charge in [0.2, 0.25) is 11.8 Å². The van der Waals surface area contributed by atoms with Gasteiger partial charge in [0, 0.05) is 69.8 Å². The van der Waals surface area contributed by atoms with Crippen molar-refractivity contribution in [2.75, 3.05) is 19.6 Å². The Morgan fingerprint density at radius 1 is 1.41 bits per heavy atom. The summed E-state index contributed by atoms with van der Waals surface area (Å²) in [5.41, 5.74) is 2.50. The van der Waals surface area contributed by atoms with Crippen LogP contribution in [0, 0.1) is 12.8 Å². The Balaban J connectivity index is 1.55. The lowest BCUT2D eigenvalue weighted by Crippen LogP contribution is -2.42. The summed E-state index contributed by atoms with van der Waals surface area (Å²) in [6.07, 6.45) is 4.38. The smallest absolute Gasteiger partial charge is 0.226 e. The Kier molecular flexibility index (Phi) is 7.05. The molecule has 2 aromatic rings.